The average molecular weight is 377 g/mol. The zero-order chi connectivity index (χ0) is 19.3. The molecule has 0 saturated heterocycles. The van der Waals surface area contributed by atoms with Gasteiger partial charge in [-0.1, -0.05) is 55.8 Å². The van der Waals surface area contributed by atoms with E-state index in [1.165, 1.54) is 6.07 Å². The van der Waals surface area contributed by atoms with Crippen molar-refractivity contribution in [3.8, 4) is 0 Å². The van der Waals surface area contributed by atoms with E-state index in [4.69, 9.17) is 11.6 Å². The summed E-state index contributed by atoms with van der Waals surface area (Å²) in [7, 11) is 0. The van der Waals surface area contributed by atoms with Crippen LogP contribution in [0.25, 0.3) is 0 Å². The minimum atomic E-state index is -0.754. The van der Waals surface area contributed by atoms with Gasteiger partial charge in [-0.2, -0.15) is 0 Å². The van der Waals surface area contributed by atoms with E-state index < -0.39 is 17.4 Å². The van der Waals surface area contributed by atoms with Gasteiger partial charge in [0.05, 0.1) is 10.6 Å². The highest BCUT2D eigenvalue weighted by molar-refractivity contribution is 6.33. The molecule has 1 unspecified atom stereocenters. The zero-order valence-corrected chi connectivity index (χ0v) is 15.7. The summed E-state index contributed by atoms with van der Waals surface area (Å²) in [5.41, 5.74) is 0.238. The molecule has 0 saturated carbocycles. The van der Waals surface area contributed by atoms with Crippen LogP contribution in [0.2, 0.25) is 5.02 Å². The highest BCUT2D eigenvalue weighted by atomic mass is 35.5. The molecule has 2 N–H and O–H groups in total. The number of nitrogens with one attached hydrogen (secondary N) is 2. The number of carbonyl (C=O) groups is 2. The Hall–Kier alpha value is -2.40. The zero-order valence-electron chi connectivity index (χ0n) is 15.0. The lowest BCUT2D eigenvalue weighted by molar-refractivity contribution is -0.122. The molecule has 0 aromatic heterocycles. The number of amides is 2. The normalized spacial score (nSPS) is 12.3. The molecular weight excluding hydrogens is 355 g/mol. The predicted molar refractivity (Wildman–Crippen MR) is 101 cm³/mol. The Morgan fingerprint density at radius 2 is 1.73 bits per heavy atom. The van der Waals surface area contributed by atoms with Gasteiger partial charge < -0.3 is 10.6 Å². The van der Waals surface area contributed by atoms with Crippen LogP contribution < -0.4 is 10.6 Å². The maximum absolute atomic E-state index is 14.0. The van der Waals surface area contributed by atoms with Crippen LogP contribution in [-0.2, 0) is 10.2 Å². The topological polar surface area (TPSA) is 58.2 Å². The molecule has 2 rings (SSSR count). The predicted octanol–water partition coefficient (Wildman–Crippen LogP) is 3.69. The highest BCUT2D eigenvalue weighted by Crippen LogP contribution is 2.24. The molecule has 0 fully saturated rings. The Bertz CT molecular complexity index is 808. The molecule has 1 atom stereocenters. The summed E-state index contributed by atoms with van der Waals surface area (Å²) in [4.78, 5) is 24.5. The summed E-state index contributed by atoms with van der Waals surface area (Å²) in [5, 5.41) is 5.70. The van der Waals surface area contributed by atoms with Crippen LogP contribution in [-0.4, -0.2) is 24.4 Å². The molecule has 2 amide bonds. The minimum absolute atomic E-state index is 0.235. The smallest absolute Gasteiger partial charge is 0.253 e. The summed E-state index contributed by atoms with van der Waals surface area (Å²) in [6, 6.07) is 12.3. The summed E-state index contributed by atoms with van der Waals surface area (Å²) < 4.78 is 14.0. The highest BCUT2D eigenvalue weighted by Gasteiger charge is 2.26. The van der Waals surface area contributed by atoms with Crippen molar-refractivity contribution in [1.29, 1.82) is 0 Å². The molecule has 138 valence electrons. The Morgan fingerprint density at radius 1 is 1.12 bits per heavy atom. The van der Waals surface area contributed by atoms with Crippen LogP contribution in [0.4, 0.5) is 4.39 Å². The van der Waals surface area contributed by atoms with Crippen molar-refractivity contribution in [2.24, 2.45) is 0 Å². The Balaban J connectivity index is 1.96. The van der Waals surface area contributed by atoms with Crippen LogP contribution in [0.3, 0.4) is 0 Å². The van der Waals surface area contributed by atoms with Gasteiger partial charge in [-0.25, -0.2) is 4.39 Å². The number of carbonyl (C=O) groups excluding carboxylic acids is 2. The molecular formula is C20H22ClFN2O2. The molecule has 0 spiro atoms. The molecule has 2 aromatic carbocycles. The van der Waals surface area contributed by atoms with Crippen LogP contribution in [0, 0.1) is 5.82 Å². The molecule has 2 aromatic rings. The van der Waals surface area contributed by atoms with Gasteiger partial charge in [0.2, 0.25) is 5.91 Å². The second kappa shape index (κ2) is 8.32. The fourth-order valence-corrected chi connectivity index (χ4v) is 2.77. The number of rotatable bonds is 6. The van der Waals surface area contributed by atoms with Crippen molar-refractivity contribution >= 4 is 23.4 Å². The fourth-order valence-electron chi connectivity index (χ4n) is 2.55. The number of benzene rings is 2. The fraction of sp³-hybridized carbons (Fsp3) is 0.300. The van der Waals surface area contributed by atoms with E-state index in [0.29, 0.717) is 16.1 Å². The molecule has 0 radical (unpaired) electrons. The molecule has 0 aliphatic carbocycles. The van der Waals surface area contributed by atoms with Crippen molar-refractivity contribution in [3.63, 3.8) is 0 Å². The first kappa shape index (κ1) is 19.9. The third kappa shape index (κ3) is 4.82. The summed E-state index contributed by atoms with van der Waals surface area (Å²) in [6.45, 7) is 5.51. The van der Waals surface area contributed by atoms with E-state index >= 15 is 0 Å². The van der Waals surface area contributed by atoms with E-state index in [2.05, 4.69) is 10.6 Å². The minimum Gasteiger partial charge on any atom is -0.353 e. The Kier molecular flexibility index (Phi) is 6.37. The first-order chi connectivity index (χ1) is 12.2. The van der Waals surface area contributed by atoms with Gasteiger partial charge in [-0.15, -0.1) is 0 Å². The first-order valence-corrected chi connectivity index (χ1v) is 8.68. The van der Waals surface area contributed by atoms with E-state index in [-0.39, 0.29) is 18.3 Å². The Morgan fingerprint density at radius 3 is 2.38 bits per heavy atom. The van der Waals surface area contributed by atoms with Gasteiger partial charge in [0.1, 0.15) is 11.9 Å². The van der Waals surface area contributed by atoms with E-state index in [0.717, 1.165) is 0 Å². The number of hydrogen-bond donors (Lipinski definition) is 2. The SMILES string of the molecule is CC(NC(=O)c1ccccc1Cl)C(=O)NCC(C)(C)c1ccccc1F. The second-order valence-corrected chi connectivity index (χ2v) is 7.16. The van der Waals surface area contributed by atoms with Crippen LogP contribution in [0.5, 0.6) is 0 Å². The molecule has 26 heavy (non-hydrogen) atoms. The van der Waals surface area contributed by atoms with Crippen LogP contribution in [0.1, 0.15) is 36.7 Å². The maximum atomic E-state index is 14.0. The molecule has 0 aliphatic heterocycles. The van der Waals surface area contributed by atoms with Crippen molar-refractivity contribution < 1.29 is 14.0 Å². The van der Waals surface area contributed by atoms with E-state index in [9.17, 15) is 14.0 Å². The quantitative estimate of drug-likeness (QED) is 0.807. The third-order valence-corrected chi connectivity index (χ3v) is 4.50. The molecule has 0 aliphatic rings. The van der Waals surface area contributed by atoms with Crippen LogP contribution in [0.15, 0.2) is 48.5 Å². The maximum Gasteiger partial charge on any atom is 0.253 e. The van der Waals surface area contributed by atoms with E-state index in [1.807, 2.05) is 13.8 Å². The Labute approximate surface area is 157 Å². The lowest BCUT2D eigenvalue weighted by atomic mass is 9.84. The molecule has 0 bridgehead atoms. The molecule has 4 nitrogen and oxygen atoms in total. The first-order valence-electron chi connectivity index (χ1n) is 8.30. The van der Waals surface area contributed by atoms with Gasteiger partial charge in [-0.05, 0) is 30.7 Å². The summed E-state index contributed by atoms with van der Waals surface area (Å²) in [6.07, 6.45) is 0. The van der Waals surface area contributed by atoms with Gasteiger partial charge in [0.25, 0.3) is 5.91 Å². The molecule has 0 heterocycles. The standard InChI is InChI=1S/C20H22ClFN2O2/c1-13(24-19(26)14-8-4-6-10-16(14)21)18(25)23-12-20(2,3)15-9-5-7-11-17(15)22/h4-11,13H,12H2,1-3H3,(H,23,25)(H,24,26). The van der Waals surface area contributed by atoms with Crippen molar-refractivity contribution in [1.82, 2.24) is 10.6 Å². The van der Waals surface area contributed by atoms with Gasteiger partial charge >= 0.3 is 0 Å². The summed E-state index contributed by atoms with van der Waals surface area (Å²) >= 11 is 5.99. The average Bonchev–Trinajstić information content (AvgIpc) is 2.60. The van der Waals surface area contributed by atoms with Crippen LogP contribution >= 0.6 is 11.6 Å². The monoisotopic (exact) mass is 376 g/mol. The van der Waals surface area contributed by atoms with Crippen molar-refractivity contribution in [3.05, 3.63) is 70.5 Å². The second-order valence-electron chi connectivity index (χ2n) is 6.76. The third-order valence-electron chi connectivity index (χ3n) is 4.17. The van der Waals surface area contributed by atoms with Gasteiger partial charge in [0, 0.05) is 12.0 Å². The lowest BCUT2D eigenvalue weighted by Crippen LogP contribution is -2.48. The van der Waals surface area contributed by atoms with Gasteiger partial charge in [0.15, 0.2) is 0 Å². The molecule has 6 heteroatoms. The summed E-state index contributed by atoms with van der Waals surface area (Å²) in [5.74, 6) is -1.09. The van der Waals surface area contributed by atoms with Crippen molar-refractivity contribution in [2.45, 2.75) is 32.2 Å². The largest absolute Gasteiger partial charge is 0.353 e. The number of hydrogen-bond acceptors (Lipinski definition) is 2. The lowest BCUT2D eigenvalue weighted by Gasteiger charge is -2.27. The number of halogens is 2. The van der Waals surface area contributed by atoms with E-state index in [1.54, 1.807) is 49.4 Å². The van der Waals surface area contributed by atoms with Crippen molar-refractivity contribution in [2.75, 3.05) is 6.54 Å². The van der Waals surface area contributed by atoms with Gasteiger partial charge in [-0.3, -0.25) is 9.59 Å².